The average Bonchev–Trinajstić information content (AvgIpc) is 3.44. The third-order valence-corrected chi connectivity index (χ3v) is 6.99. The van der Waals surface area contributed by atoms with Crippen LogP contribution in [0.1, 0.15) is 20.3 Å². The van der Waals surface area contributed by atoms with E-state index in [-0.39, 0.29) is 23.9 Å². The minimum Gasteiger partial charge on any atom is -0.426 e. The highest BCUT2D eigenvalue weighted by Gasteiger charge is 2.61. The first-order valence-electron chi connectivity index (χ1n) is 14.0. The number of aromatic nitrogens is 3. The molecule has 2 N–H and O–H groups in total. The number of ether oxygens (including phenoxy) is 6. The maximum absolute atomic E-state index is 13.3. The molecule has 0 aliphatic carbocycles. The Morgan fingerprint density at radius 3 is 2.06 bits per heavy atom. The summed E-state index contributed by atoms with van der Waals surface area (Å²) in [7, 11) is 4.41. The van der Waals surface area contributed by atoms with Crippen molar-refractivity contribution in [2.75, 3.05) is 32.0 Å². The van der Waals surface area contributed by atoms with E-state index in [1.165, 1.54) is 33.5 Å². The van der Waals surface area contributed by atoms with Crippen molar-refractivity contribution < 1.29 is 60.0 Å². The van der Waals surface area contributed by atoms with Gasteiger partial charge in [-0.25, -0.2) is 4.79 Å². The maximum atomic E-state index is 13.3. The highest BCUT2D eigenvalue weighted by molar-refractivity contribution is 5.89. The monoisotopic (exact) mass is 673 g/mol. The van der Waals surface area contributed by atoms with Gasteiger partial charge >= 0.3 is 18.4 Å². The number of nitrogens with one attached hydrogen (secondary N) is 2. The van der Waals surface area contributed by atoms with Crippen molar-refractivity contribution in [3.8, 4) is 22.8 Å². The summed E-state index contributed by atoms with van der Waals surface area (Å²) in [6, 6.07) is 10.3. The highest BCUT2D eigenvalue weighted by atomic mass is 19.4. The molecule has 0 bridgehead atoms. The molecule has 0 saturated carbocycles. The number of rotatable bonds is 11. The number of carbonyl (C=O) groups excluding carboxylic acids is 2. The Kier molecular flexibility index (Phi) is 11.0. The van der Waals surface area contributed by atoms with E-state index in [2.05, 4.69) is 25.5 Å². The van der Waals surface area contributed by atoms with Gasteiger partial charge in [-0.05, 0) is 55.5 Å². The second-order valence-electron chi connectivity index (χ2n) is 10.1. The van der Waals surface area contributed by atoms with Gasteiger partial charge in [0.25, 0.3) is 0 Å². The van der Waals surface area contributed by atoms with E-state index in [0.29, 0.717) is 11.3 Å². The van der Waals surface area contributed by atoms with E-state index >= 15 is 0 Å². The number of nitrogens with zero attached hydrogens (tertiary/aromatic N) is 3. The fourth-order valence-electron chi connectivity index (χ4n) is 4.63. The van der Waals surface area contributed by atoms with Crippen LogP contribution in [-0.4, -0.2) is 91.1 Å². The second kappa shape index (κ2) is 14.6. The number of amides is 2. The van der Waals surface area contributed by atoms with Crippen LogP contribution in [0, 0.1) is 0 Å². The molecule has 47 heavy (non-hydrogen) atoms. The lowest BCUT2D eigenvalue weighted by Gasteiger charge is -2.43. The number of hydrogen-bond acceptors (Lipinski definition) is 10. The number of alkyl halides is 5. The van der Waals surface area contributed by atoms with Crippen molar-refractivity contribution >= 4 is 23.6 Å². The molecule has 0 radical (unpaired) electrons. The third-order valence-electron chi connectivity index (χ3n) is 6.99. The lowest BCUT2D eigenvalue weighted by molar-refractivity contribution is -0.360. The predicted molar refractivity (Wildman–Crippen MR) is 154 cm³/mol. The highest BCUT2D eigenvalue weighted by Crippen LogP contribution is 2.37. The summed E-state index contributed by atoms with van der Waals surface area (Å²) in [4.78, 5) is 29.2. The SMILES string of the molecule is CCC(=O)Nc1nc(-c2ccc(NC(=O)O[C@@H]3O[C@@H](C)[C@H](OC)[C@@H](OC)[C@H]3OC)cc2)nn1-c1ccc(OC(F)(F)C(F)(F)F)cc1. The first kappa shape index (κ1) is 35.5. The maximum Gasteiger partial charge on any atom is 0.499 e. The van der Waals surface area contributed by atoms with Crippen molar-refractivity contribution in [1.29, 1.82) is 0 Å². The second-order valence-corrected chi connectivity index (χ2v) is 10.1. The molecule has 2 heterocycles. The molecule has 1 aliphatic rings. The number of methoxy groups -OCH3 is 3. The summed E-state index contributed by atoms with van der Waals surface area (Å²) in [5.74, 6) is -1.11. The van der Waals surface area contributed by atoms with Crippen LogP contribution in [-0.2, 0) is 28.5 Å². The molecule has 1 saturated heterocycles. The first-order chi connectivity index (χ1) is 22.2. The van der Waals surface area contributed by atoms with E-state index < -0.39 is 60.7 Å². The van der Waals surface area contributed by atoms with Crippen LogP contribution < -0.4 is 15.4 Å². The van der Waals surface area contributed by atoms with E-state index in [9.17, 15) is 31.5 Å². The van der Waals surface area contributed by atoms with Crippen molar-refractivity contribution in [2.45, 2.75) is 63.3 Å². The minimum atomic E-state index is -5.91. The van der Waals surface area contributed by atoms with Gasteiger partial charge in [0.05, 0.1) is 11.8 Å². The Morgan fingerprint density at radius 1 is 0.894 bits per heavy atom. The topological polar surface area (TPSA) is 144 Å². The van der Waals surface area contributed by atoms with Crippen LogP contribution in [0.25, 0.3) is 17.1 Å². The zero-order valence-electron chi connectivity index (χ0n) is 25.7. The van der Waals surface area contributed by atoms with Gasteiger partial charge in [-0.3, -0.25) is 15.4 Å². The van der Waals surface area contributed by atoms with E-state index in [4.69, 9.17) is 23.7 Å². The molecular weight excluding hydrogens is 641 g/mol. The van der Waals surface area contributed by atoms with Crippen molar-refractivity contribution in [1.82, 2.24) is 14.8 Å². The van der Waals surface area contributed by atoms with E-state index in [1.54, 1.807) is 26.0 Å². The largest absolute Gasteiger partial charge is 0.499 e. The molecule has 13 nitrogen and oxygen atoms in total. The molecule has 3 aromatic rings. The van der Waals surface area contributed by atoms with Crippen LogP contribution in [0.5, 0.6) is 5.75 Å². The number of hydrogen-bond donors (Lipinski definition) is 2. The zero-order valence-corrected chi connectivity index (χ0v) is 25.7. The first-order valence-corrected chi connectivity index (χ1v) is 14.0. The number of carbonyl (C=O) groups is 2. The van der Waals surface area contributed by atoms with Gasteiger partial charge < -0.3 is 28.4 Å². The summed E-state index contributed by atoms with van der Waals surface area (Å²) < 4.78 is 96.8. The van der Waals surface area contributed by atoms with Gasteiger partial charge in [0.1, 0.15) is 24.1 Å². The van der Waals surface area contributed by atoms with Gasteiger partial charge in [-0.1, -0.05) is 6.92 Å². The number of benzene rings is 2. The lowest BCUT2D eigenvalue weighted by atomic mass is 9.99. The Labute approximate surface area is 265 Å². The van der Waals surface area contributed by atoms with Crippen LogP contribution >= 0.6 is 0 Å². The van der Waals surface area contributed by atoms with Crippen LogP contribution in [0.15, 0.2) is 48.5 Å². The molecule has 0 unspecified atom stereocenters. The lowest BCUT2D eigenvalue weighted by Crippen LogP contribution is -2.59. The third kappa shape index (κ3) is 8.13. The summed E-state index contributed by atoms with van der Waals surface area (Å²) in [5.41, 5.74) is 0.941. The van der Waals surface area contributed by atoms with Gasteiger partial charge in [0.2, 0.25) is 18.1 Å². The molecule has 256 valence electrons. The van der Waals surface area contributed by atoms with E-state index in [1.807, 2.05) is 0 Å². The molecule has 2 aromatic carbocycles. The summed E-state index contributed by atoms with van der Waals surface area (Å²) in [5, 5.41) is 9.51. The molecule has 5 atom stereocenters. The van der Waals surface area contributed by atoms with Crippen LogP contribution in [0.3, 0.4) is 0 Å². The molecule has 2 amide bonds. The standard InChI is InChI=1S/C29H32F5N5O8/c1-6-20(40)36-26-37-24(38-39(26)18-11-13-19(14-12-18)47-29(33,34)28(30,31)32)16-7-9-17(10-8-16)35-27(41)46-25-23(44-5)22(43-4)21(42-3)15(2)45-25/h7-15,21-23,25H,6H2,1-5H3,(H,35,41)(H,36,37,38,40)/t15-,21-,22+,23+,25-/m0/s1. The van der Waals surface area contributed by atoms with Crippen LogP contribution in [0.4, 0.5) is 38.4 Å². The van der Waals surface area contributed by atoms with Crippen molar-refractivity contribution in [3.63, 3.8) is 0 Å². The normalized spacial score (nSPS) is 21.6. The summed E-state index contributed by atoms with van der Waals surface area (Å²) >= 11 is 0. The van der Waals surface area contributed by atoms with E-state index in [0.717, 1.165) is 28.9 Å². The summed E-state index contributed by atoms with van der Waals surface area (Å²) in [6.07, 6.45) is -15.4. The van der Waals surface area contributed by atoms with Crippen molar-refractivity contribution in [3.05, 3.63) is 48.5 Å². The molecular formula is C29H32F5N5O8. The fourth-order valence-corrected chi connectivity index (χ4v) is 4.63. The van der Waals surface area contributed by atoms with Gasteiger partial charge in [0.15, 0.2) is 5.82 Å². The van der Waals surface area contributed by atoms with Gasteiger partial charge in [-0.15, -0.1) is 5.10 Å². The molecule has 1 aromatic heterocycles. The Balaban J connectivity index is 1.49. The zero-order chi connectivity index (χ0) is 34.5. The molecule has 1 aliphatic heterocycles. The Morgan fingerprint density at radius 2 is 1.51 bits per heavy atom. The molecule has 0 spiro atoms. The Hall–Kier alpha value is -4.39. The van der Waals surface area contributed by atoms with Crippen LogP contribution in [0.2, 0.25) is 0 Å². The molecule has 1 fully saturated rings. The summed E-state index contributed by atoms with van der Waals surface area (Å²) in [6.45, 7) is 3.35. The average molecular weight is 674 g/mol. The smallest absolute Gasteiger partial charge is 0.426 e. The number of anilines is 2. The fraction of sp³-hybridized carbons (Fsp3) is 0.448. The molecule has 18 heteroatoms. The number of halogens is 5. The minimum absolute atomic E-state index is 0.0496. The predicted octanol–water partition coefficient (Wildman–Crippen LogP) is 5.16. The van der Waals surface area contributed by atoms with Gasteiger partial charge in [0, 0.05) is 39.0 Å². The van der Waals surface area contributed by atoms with Crippen molar-refractivity contribution in [2.24, 2.45) is 0 Å². The quantitative estimate of drug-likeness (QED) is 0.262. The molecule has 4 rings (SSSR count). The van der Waals surface area contributed by atoms with Gasteiger partial charge in [-0.2, -0.15) is 31.6 Å². The Bertz CT molecular complexity index is 1520.